The Kier molecular flexibility index (Phi) is 6.71. The molecule has 0 aromatic rings. The average Bonchev–Trinajstić information content (AvgIpc) is 2.49. The lowest BCUT2D eigenvalue weighted by Crippen LogP contribution is -2.45. The fraction of sp³-hybridized carbons (Fsp3) is 0.524. The molecule has 2 nitrogen and oxygen atoms in total. The Morgan fingerprint density at radius 3 is 2.50 bits per heavy atom. The topological polar surface area (TPSA) is 6.48 Å². The van der Waals surface area contributed by atoms with Gasteiger partial charge in [-0.25, -0.2) is 0 Å². The molecule has 0 spiro atoms. The van der Waals surface area contributed by atoms with Crippen LogP contribution in [0.5, 0.6) is 0 Å². The Morgan fingerprint density at radius 1 is 1.17 bits per heavy atom. The molecular weight excluding hydrogens is 308 g/mol. The van der Waals surface area contributed by atoms with Gasteiger partial charge in [-0.1, -0.05) is 43.3 Å². The molecule has 1 fully saturated rings. The lowest BCUT2D eigenvalue weighted by atomic mass is 10.0. The third kappa shape index (κ3) is 6.18. The Morgan fingerprint density at radius 2 is 1.88 bits per heavy atom. The van der Waals surface area contributed by atoms with Crippen molar-refractivity contribution in [3.8, 4) is 11.5 Å². The molecule has 0 N–H and O–H groups in total. The highest BCUT2D eigenvalue weighted by Crippen LogP contribution is 2.20. The number of allylic oxidation sites excluding steroid dienone is 5. The van der Waals surface area contributed by atoms with Crippen LogP contribution in [-0.4, -0.2) is 50.6 Å². The Labute approximate surface area is 149 Å². The van der Waals surface area contributed by atoms with E-state index in [0.717, 1.165) is 45.6 Å². The molecule has 0 bridgehead atoms. The number of hydrogen-bond acceptors (Lipinski definition) is 2. The van der Waals surface area contributed by atoms with E-state index in [4.69, 9.17) is 0 Å². The molecule has 0 unspecified atom stereocenters. The van der Waals surface area contributed by atoms with Gasteiger partial charge >= 0.3 is 0 Å². The minimum absolute atomic E-state index is 0.998. The normalized spacial score (nSPS) is 20.0. The van der Waals surface area contributed by atoms with Gasteiger partial charge in [-0.05, 0) is 31.9 Å². The minimum atomic E-state index is -1.35. The van der Waals surface area contributed by atoms with Gasteiger partial charge in [0.2, 0.25) is 0 Å². The van der Waals surface area contributed by atoms with E-state index < -0.39 is 8.07 Å². The summed E-state index contributed by atoms with van der Waals surface area (Å²) in [5.41, 5.74) is 7.48. The molecule has 1 heterocycles. The molecule has 1 saturated heterocycles. The van der Waals surface area contributed by atoms with E-state index in [1.807, 2.05) is 6.08 Å². The van der Waals surface area contributed by atoms with Crippen molar-refractivity contribution < 1.29 is 0 Å². The van der Waals surface area contributed by atoms with Crippen molar-refractivity contribution >= 4 is 8.07 Å². The lowest BCUT2D eigenvalue weighted by molar-refractivity contribution is 0.175. The van der Waals surface area contributed by atoms with Gasteiger partial charge in [0.15, 0.2) is 0 Å². The van der Waals surface area contributed by atoms with E-state index in [9.17, 15) is 0 Å². The first kappa shape index (κ1) is 18.8. The summed E-state index contributed by atoms with van der Waals surface area (Å²) in [6, 6.07) is 0. The second-order valence-corrected chi connectivity index (χ2v) is 12.6. The first-order valence-electron chi connectivity index (χ1n) is 9.08. The van der Waals surface area contributed by atoms with Crippen LogP contribution in [0.25, 0.3) is 0 Å². The van der Waals surface area contributed by atoms with Crippen molar-refractivity contribution in [1.29, 1.82) is 0 Å². The second-order valence-electron chi connectivity index (χ2n) is 7.83. The monoisotopic (exact) mass is 340 g/mol. The predicted molar refractivity (Wildman–Crippen MR) is 108 cm³/mol. The molecule has 24 heavy (non-hydrogen) atoms. The summed E-state index contributed by atoms with van der Waals surface area (Å²) in [6.07, 6.45) is 11.2. The summed E-state index contributed by atoms with van der Waals surface area (Å²) in [6.45, 7) is 18.4. The highest BCUT2D eigenvalue weighted by atomic mass is 28.3. The second kappa shape index (κ2) is 8.55. The molecule has 2 aliphatic rings. The van der Waals surface area contributed by atoms with Crippen LogP contribution in [0, 0.1) is 11.5 Å². The van der Waals surface area contributed by atoms with Gasteiger partial charge in [0, 0.05) is 44.0 Å². The predicted octanol–water partition coefficient (Wildman–Crippen LogP) is 4.22. The van der Waals surface area contributed by atoms with Gasteiger partial charge in [0.05, 0.1) is 0 Å². The summed E-state index contributed by atoms with van der Waals surface area (Å²) in [5, 5.41) is 0. The zero-order valence-corrected chi connectivity index (χ0v) is 16.9. The third-order valence-corrected chi connectivity index (χ3v) is 5.18. The van der Waals surface area contributed by atoms with Crippen LogP contribution in [-0.2, 0) is 0 Å². The molecule has 1 aliphatic carbocycles. The SMILES string of the molecule is C=CCN1CCN(C2=CCCC(C)=CC(C#C[Si](C)(C)C)=C2)CC1. The summed E-state index contributed by atoms with van der Waals surface area (Å²) in [7, 11) is -1.35. The molecule has 0 atom stereocenters. The van der Waals surface area contributed by atoms with Gasteiger partial charge < -0.3 is 4.90 Å². The maximum atomic E-state index is 3.85. The molecule has 2 rings (SSSR count). The fourth-order valence-electron chi connectivity index (χ4n) is 2.97. The van der Waals surface area contributed by atoms with E-state index in [1.165, 1.54) is 16.8 Å². The van der Waals surface area contributed by atoms with Gasteiger partial charge in [0.25, 0.3) is 0 Å². The Balaban J connectivity index is 2.17. The van der Waals surface area contributed by atoms with Crippen LogP contribution >= 0.6 is 0 Å². The fourth-order valence-corrected chi connectivity index (χ4v) is 3.49. The quantitative estimate of drug-likeness (QED) is 0.431. The van der Waals surface area contributed by atoms with Crippen LogP contribution in [0.15, 0.2) is 47.7 Å². The van der Waals surface area contributed by atoms with Crippen LogP contribution in [0.3, 0.4) is 0 Å². The van der Waals surface area contributed by atoms with Gasteiger partial charge in [-0.3, -0.25) is 4.90 Å². The van der Waals surface area contributed by atoms with E-state index in [0.29, 0.717) is 0 Å². The summed E-state index contributed by atoms with van der Waals surface area (Å²) < 4.78 is 0. The average molecular weight is 341 g/mol. The summed E-state index contributed by atoms with van der Waals surface area (Å²) >= 11 is 0. The largest absolute Gasteiger partial charge is 0.369 e. The van der Waals surface area contributed by atoms with E-state index in [-0.39, 0.29) is 0 Å². The molecule has 0 aromatic carbocycles. The van der Waals surface area contributed by atoms with Crippen molar-refractivity contribution in [2.45, 2.75) is 39.4 Å². The smallest absolute Gasteiger partial charge is 0.129 e. The van der Waals surface area contributed by atoms with Crippen LogP contribution in [0.1, 0.15) is 19.8 Å². The molecule has 0 radical (unpaired) electrons. The van der Waals surface area contributed by atoms with E-state index >= 15 is 0 Å². The maximum Gasteiger partial charge on any atom is 0.129 e. The van der Waals surface area contributed by atoms with Crippen LogP contribution in [0.4, 0.5) is 0 Å². The first-order chi connectivity index (χ1) is 11.4. The third-order valence-electron chi connectivity index (χ3n) is 4.30. The number of rotatable bonds is 3. The summed E-state index contributed by atoms with van der Waals surface area (Å²) in [5.74, 6) is 3.46. The highest BCUT2D eigenvalue weighted by Gasteiger charge is 2.17. The minimum Gasteiger partial charge on any atom is -0.369 e. The molecule has 1 aliphatic heterocycles. The van der Waals surface area contributed by atoms with Crippen molar-refractivity contribution in [1.82, 2.24) is 9.80 Å². The van der Waals surface area contributed by atoms with Crippen molar-refractivity contribution in [3.05, 3.63) is 47.7 Å². The van der Waals surface area contributed by atoms with Gasteiger partial charge in [0.1, 0.15) is 8.07 Å². The molecule has 0 amide bonds. The molecule has 3 heteroatoms. The zero-order valence-electron chi connectivity index (χ0n) is 15.9. The van der Waals surface area contributed by atoms with Crippen molar-refractivity contribution in [3.63, 3.8) is 0 Å². The number of hydrogen-bond donors (Lipinski definition) is 0. The Hall–Kier alpha value is -1.50. The van der Waals surface area contributed by atoms with Crippen molar-refractivity contribution in [2.75, 3.05) is 32.7 Å². The number of piperazine rings is 1. The zero-order chi connectivity index (χ0) is 17.6. The molecular formula is C21H32N2Si. The molecule has 0 aromatic heterocycles. The van der Waals surface area contributed by atoms with Crippen LogP contribution in [0.2, 0.25) is 19.6 Å². The summed E-state index contributed by atoms with van der Waals surface area (Å²) in [4.78, 5) is 4.98. The van der Waals surface area contributed by atoms with Gasteiger partial charge in [-0.2, -0.15) is 0 Å². The Bertz CT molecular complexity index is 600. The molecule has 0 saturated carbocycles. The van der Waals surface area contributed by atoms with Gasteiger partial charge in [-0.15, -0.1) is 12.1 Å². The maximum absolute atomic E-state index is 3.85. The number of nitrogens with zero attached hydrogens (tertiary/aromatic N) is 2. The standard InChI is InChI=1S/C21H32N2Si/c1-6-11-22-12-14-23(15-13-22)21-9-7-8-19(2)17-20(18-21)10-16-24(3,4)5/h6,9,17-18H,1,7-8,11-15H2,2-5H3. The lowest BCUT2D eigenvalue weighted by Gasteiger charge is -2.36. The van der Waals surface area contributed by atoms with E-state index in [1.54, 1.807) is 0 Å². The first-order valence-corrected chi connectivity index (χ1v) is 12.6. The van der Waals surface area contributed by atoms with Crippen molar-refractivity contribution in [2.24, 2.45) is 0 Å². The molecule has 130 valence electrons. The van der Waals surface area contributed by atoms with E-state index in [2.05, 4.69) is 72.6 Å². The highest BCUT2D eigenvalue weighted by molar-refractivity contribution is 6.83. The van der Waals surface area contributed by atoms with Crippen LogP contribution < -0.4 is 0 Å².